The van der Waals surface area contributed by atoms with Crippen molar-refractivity contribution in [3.05, 3.63) is 0 Å². The van der Waals surface area contributed by atoms with E-state index in [1.807, 2.05) is 6.92 Å². The molecular formula is C17H35N3O4. The van der Waals surface area contributed by atoms with Gasteiger partial charge < -0.3 is 19.9 Å². The Morgan fingerprint density at radius 1 is 0.833 bits per heavy atom. The molecule has 0 unspecified atom stereocenters. The number of ketones is 1. The largest absolute Gasteiger partial charge is 0.380 e. The number of nitrogens with zero attached hydrogens (tertiary/aromatic N) is 2. The fourth-order valence-corrected chi connectivity index (χ4v) is 2.49. The van der Waals surface area contributed by atoms with Crippen molar-refractivity contribution in [2.45, 2.75) is 19.8 Å². The highest BCUT2D eigenvalue weighted by Gasteiger charge is 2.16. The SMILES string of the molecule is CCC(=O)CCOCCN1CCN(CCOCCOCCN)CC1. The number of nitrogens with two attached hydrogens (primary N) is 1. The van der Waals surface area contributed by atoms with Crippen LogP contribution in [0, 0.1) is 0 Å². The summed E-state index contributed by atoms with van der Waals surface area (Å²) in [5, 5.41) is 0. The van der Waals surface area contributed by atoms with Gasteiger partial charge in [0.25, 0.3) is 0 Å². The van der Waals surface area contributed by atoms with Gasteiger partial charge in [-0.3, -0.25) is 14.6 Å². The fourth-order valence-electron chi connectivity index (χ4n) is 2.49. The Bertz CT molecular complexity index is 310. The summed E-state index contributed by atoms with van der Waals surface area (Å²) in [6.45, 7) is 12.5. The molecule has 0 amide bonds. The van der Waals surface area contributed by atoms with Gasteiger partial charge in [-0.1, -0.05) is 6.92 Å². The van der Waals surface area contributed by atoms with Crippen molar-refractivity contribution in [1.29, 1.82) is 0 Å². The highest BCUT2D eigenvalue weighted by molar-refractivity contribution is 5.78. The molecule has 142 valence electrons. The molecule has 1 saturated heterocycles. The number of carbonyl (C=O) groups excluding carboxylic acids is 1. The summed E-state index contributed by atoms with van der Waals surface area (Å²) in [5.74, 6) is 0.275. The Morgan fingerprint density at radius 3 is 1.83 bits per heavy atom. The Labute approximate surface area is 146 Å². The van der Waals surface area contributed by atoms with Crippen LogP contribution < -0.4 is 5.73 Å². The highest BCUT2D eigenvalue weighted by atomic mass is 16.5. The van der Waals surface area contributed by atoms with Crippen LogP contribution in [-0.4, -0.2) is 101 Å². The molecule has 0 aromatic rings. The normalized spacial score (nSPS) is 16.6. The van der Waals surface area contributed by atoms with Gasteiger partial charge in [-0.05, 0) is 0 Å². The van der Waals surface area contributed by atoms with E-state index in [2.05, 4.69) is 9.80 Å². The van der Waals surface area contributed by atoms with Crippen molar-refractivity contribution in [3.63, 3.8) is 0 Å². The lowest BCUT2D eigenvalue weighted by Crippen LogP contribution is -2.48. The van der Waals surface area contributed by atoms with Gasteiger partial charge in [0.05, 0.1) is 39.6 Å². The zero-order valence-corrected chi connectivity index (χ0v) is 15.2. The van der Waals surface area contributed by atoms with E-state index in [1.54, 1.807) is 0 Å². The predicted octanol–water partition coefficient (Wildman–Crippen LogP) is -0.0183. The molecule has 7 nitrogen and oxygen atoms in total. The van der Waals surface area contributed by atoms with Gasteiger partial charge in [-0.2, -0.15) is 0 Å². The molecule has 1 rings (SSSR count). The van der Waals surface area contributed by atoms with Crippen molar-refractivity contribution in [2.24, 2.45) is 5.73 Å². The van der Waals surface area contributed by atoms with Crippen LogP contribution in [0.4, 0.5) is 0 Å². The molecule has 0 spiro atoms. The average Bonchev–Trinajstić information content (AvgIpc) is 2.61. The maximum absolute atomic E-state index is 11.2. The maximum atomic E-state index is 11.2. The lowest BCUT2D eigenvalue weighted by molar-refractivity contribution is -0.119. The first kappa shape index (κ1) is 21.5. The fraction of sp³-hybridized carbons (Fsp3) is 0.941. The highest BCUT2D eigenvalue weighted by Crippen LogP contribution is 2.01. The Morgan fingerprint density at radius 2 is 1.33 bits per heavy atom. The summed E-state index contributed by atoms with van der Waals surface area (Å²) in [7, 11) is 0. The van der Waals surface area contributed by atoms with Gasteiger partial charge in [-0.25, -0.2) is 0 Å². The van der Waals surface area contributed by atoms with Crippen LogP contribution in [0.5, 0.6) is 0 Å². The van der Waals surface area contributed by atoms with E-state index in [0.29, 0.717) is 52.4 Å². The minimum atomic E-state index is 0.275. The first-order chi connectivity index (χ1) is 11.8. The molecule has 2 N–H and O–H groups in total. The Hall–Kier alpha value is -0.570. The number of piperazine rings is 1. The Kier molecular flexibility index (Phi) is 13.2. The minimum absolute atomic E-state index is 0.275. The quantitative estimate of drug-likeness (QED) is 0.418. The van der Waals surface area contributed by atoms with E-state index in [9.17, 15) is 4.79 Å². The van der Waals surface area contributed by atoms with E-state index in [4.69, 9.17) is 19.9 Å². The standard InChI is InChI=1S/C17H35N3O4/c1-2-17(21)3-11-22-13-9-19-5-7-20(8-6-19)10-14-24-16-15-23-12-4-18/h2-16,18H2,1H3. The van der Waals surface area contributed by atoms with E-state index in [0.717, 1.165) is 45.9 Å². The molecule has 24 heavy (non-hydrogen) atoms. The van der Waals surface area contributed by atoms with Gasteiger partial charge in [0, 0.05) is 58.7 Å². The topological polar surface area (TPSA) is 77.3 Å². The molecule has 1 fully saturated rings. The smallest absolute Gasteiger partial charge is 0.134 e. The van der Waals surface area contributed by atoms with E-state index in [1.165, 1.54) is 0 Å². The van der Waals surface area contributed by atoms with Crippen LogP contribution >= 0.6 is 0 Å². The summed E-state index contributed by atoms with van der Waals surface area (Å²) in [6.07, 6.45) is 1.15. The maximum Gasteiger partial charge on any atom is 0.134 e. The summed E-state index contributed by atoms with van der Waals surface area (Å²) >= 11 is 0. The molecule has 0 aromatic heterocycles. The number of rotatable bonds is 15. The second-order valence-corrected chi connectivity index (χ2v) is 5.95. The van der Waals surface area contributed by atoms with Crippen molar-refractivity contribution in [2.75, 3.05) is 85.5 Å². The zero-order valence-electron chi connectivity index (χ0n) is 15.2. The second kappa shape index (κ2) is 14.7. The van der Waals surface area contributed by atoms with E-state index >= 15 is 0 Å². The second-order valence-electron chi connectivity index (χ2n) is 5.95. The predicted molar refractivity (Wildman–Crippen MR) is 94.3 cm³/mol. The first-order valence-corrected chi connectivity index (χ1v) is 9.16. The van der Waals surface area contributed by atoms with Gasteiger partial charge >= 0.3 is 0 Å². The molecule has 0 bridgehead atoms. The third-order valence-electron chi connectivity index (χ3n) is 4.12. The molecule has 0 saturated carbocycles. The van der Waals surface area contributed by atoms with Gasteiger partial charge in [-0.15, -0.1) is 0 Å². The summed E-state index contributed by atoms with van der Waals surface area (Å²) in [5.41, 5.74) is 5.34. The number of Topliss-reactive ketones (excluding diaryl/α,β-unsaturated/α-hetero) is 1. The molecule has 0 radical (unpaired) electrons. The van der Waals surface area contributed by atoms with Crippen LogP contribution in [0.1, 0.15) is 19.8 Å². The van der Waals surface area contributed by atoms with Crippen LogP contribution in [0.25, 0.3) is 0 Å². The minimum Gasteiger partial charge on any atom is -0.380 e. The van der Waals surface area contributed by atoms with Gasteiger partial charge in [0.15, 0.2) is 0 Å². The van der Waals surface area contributed by atoms with Gasteiger partial charge in [0.1, 0.15) is 5.78 Å². The molecule has 1 aliphatic rings. The lowest BCUT2D eigenvalue weighted by Gasteiger charge is -2.34. The van der Waals surface area contributed by atoms with Crippen LogP contribution in [-0.2, 0) is 19.0 Å². The average molecular weight is 345 g/mol. The van der Waals surface area contributed by atoms with Crippen molar-refractivity contribution in [1.82, 2.24) is 9.80 Å². The molecule has 7 heteroatoms. The molecular weight excluding hydrogens is 310 g/mol. The van der Waals surface area contributed by atoms with Gasteiger partial charge in [0.2, 0.25) is 0 Å². The summed E-state index contributed by atoms with van der Waals surface area (Å²) in [6, 6.07) is 0. The number of hydrogen-bond acceptors (Lipinski definition) is 7. The third kappa shape index (κ3) is 11.1. The zero-order chi connectivity index (χ0) is 17.5. The van der Waals surface area contributed by atoms with E-state index < -0.39 is 0 Å². The first-order valence-electron chi connectivity index (χ1n) is 9.16. The molecule has 0 aliphatic carbocycles. The number of carbonyl (C=O) groups is 1. The van der Waals surface area contributed by atoms with Crippen LogP contribution in [0.3, 0.4) is 0 Å². The monoisotopic (exact) mass is 345 g/mol. The van der Waals surface area contributed by atoms with Crippen molar-refractivity contribution < 1.29 is 19.0 Å². The van der Waals surface area contributed by atoms with E-state index in [-0.39, 0.29) is 5.78 Å². The molecule has 1 heterocycles. The molecule has 0 aromatic carbocycles. The molecule has 1 aliphatic heterocycles. The number of hydrogen-bond donors (Lipinski definition) is 1. The summed E-state index contributed by atoms with van der Waals surface area (Å²) < 4.78 is 16.4. The van der Waals surface area contributed by atoms with Crippen molar-refractivity contribution >= 4 is 5.78 Å². The number of ether oxygens (including phenoxy) is 3. The lowest BCUT2D eigenvalue weighted by atomic mass is 10.2. The van der Waals surface area contributed by atoms with Crippen LogP contribution in [0.2, 0.25) is 0 Å². The van der Waals surface area contributed by atoms with Crippen LogP contribution in [0.15, 0.2) is 0 Å². The Balaban J connectivity index is 1.90. The molecule has 0 atom stereocenters. The van der Waals surface area contributed by atoms with Crippen molar-refractivity contribution in [3.8, 4) is 0 Å². The summed E-state index contributed by atoms with van der Waals surface area (Å²) in [4.78, 5) is 16.0. The third-order valence-corrected chi connectivity index (χ3v) is 4.12.